The molecule has 5 heterocycles. The summed E-state index contributed by atoms with van der Waals surface area (Å²) in [6.45, 7) is 8.95. The van der Waals surface area contributed by atoms with Crippen LogP contribution in [0.4, 0.5) is 5.95 Å². The fraction of sp³-hybridized carbons (Fsp3) is 0.571. The third kappa shape index (κ3) is 2.87. The maximum absolute atomic E-state index is 12.9. The molecule has 5 rings (SSSR count). The van der Waals surface area contributed by atoms with E-state index in [9.17, 15) is 4.79 Å². The van der Waals surface area contributed by atoms with Crippen LogP contribution in [0.1, 0.15) is 42.1 Å². The van der Waals surface area contributed by atoms with Gasteiger partial charge in [0.25, 0.3) is 5.56 Å². The van der Waals surface area contributed by atoms with Crippen molar-refractivity contribution in [1.82, 2.24) is 19.9 Å². The van der Waals surface area contributed by atoms with Gasteiger partial charge in [0.1, 0.15) is 0 Å². The molecule has 0 saturated carbocycles. The summed E-state index contributed by atoms with van der Waals surface area (Å²) in [5.41, 5.74) is 5.20. The number of aromatic nitrogens is 3. The minimum Gasteiger partial charge on any atom is -0.341 e. The molecule has 2 fully saturated rings. The molecule has 6 heteroatoms. The van der Waals surface area contributed by atoms with Crippen molar-refractivity contribution < 1.29 is 0 Å². The first-order valence-corrected chi connectivity index (χ1v) is 10.2. The Morgan fingerprint density at radius 1 is 1.11 bits per heavy atom. The molecule has 142 valence electrons. The number of hydrogen-bond donors (Lipinski definition) is 1. The number of rotatable bonds is 2. The molecule has 0 spiro atoms. The Kier molecular flexibility index (Phi) is 4.04. The second-order valence-electron chi connectivity index (χ2n) is 8.35. The zero-order valence-corrected chi connectivity index (χ0v) is 16.2. The van der Waals surface area contributed by atoms with Crippen LogP contribution in [-0.4, -0.2) is 40.7 Å². The third-order valence-electron chi connectivity index (χ3n) is 6.50. The van der Waals surface area contributed by atoms with Gasteiger partial charge < -0.3 is 14.8 Å². The molecule has 2 aromatic heterocycles. The lowest BCUT2D eigenvalue weighted by Gasteiger charge is -2.37. The molecule has 3 aliphatic rings. The van der Waals surface area contributed by atoms with E-state index in [2.05, 4.69) is 23.2 Å². The quantitative estimate of drug-likeness (QED) is 0.884. The van der Waals surface area contributed by atoms with Crippen LogP contribution in [0.2, 0.25) is 0 Å². The van der Waals surface area contributed by atoms with E-state index in [0.29, 0.717) is 11.8 Å². The summed E-state index contributed by atoms with van der Waals surface area (Å²) in [6, 6.07) is 3.98. The van der Waals surface area contributed by atoms with Crippen molar-refractivity contribution >= 4 is 5.95 Å². The number of nitrogens with one attached hydrogen (secondary N) is 1. The van der Waals surface area contributed by atoms with Crippen molar-refractivity contribution in [1.29, 1.82) is 0 Å². The van der Waals surface area contributed by atoms with Crippen LogP contribution in [0, 0.1) is 19.8 Å². The Balaban J connectivity index is 1.63. The van der Waals surface area contributed by atoms with Gasteiger partial charge in [-0.15, -0.1) is 0 Å². The van der Waals surface area contributed by atoms with Gasteiger partial charge in [-0.05, 0) is 57.2 Å². The summed E-state index contributed by atoms with van der Waals surface area (Å²) in [5, 5.41) is 3.53. The number of fused-ring (bicyclic) bond motifs is 4. The lowest BCUT2D eigenvalue weighted by Crippen LogP contribution is -2.44. The van der Waals surface area contributed by atoms with E-state index < -0.39 is 0 Å². The summed E-state index contributed by atoms with van der Waals surface area (Å²) in [4.78, 5) is 24.8. The number of nitrogens with zero attached hydrogens (tertiary/aromatic N) is 4. The molecule has 0 radical (unpaired) electrons. The molecular weight excluding hydrogens is 338 g/mol. The predicted octanol–water partition coefficient (Wildman–Crippen LogP) is 2.23. The highest BCUT2D eigenvalue weighted by Gasteiger charge is 2.31. The van der Waals surface area contributed by atoms with Gasteiger partial charge >= 0.3 is 0 Å². The monoisotopic (exact) mass is 365 g/mol. The molecule has 0 amide bonds. The van der Waals surface area contributed by atoms with Crippen molar-refractivity contribution in [2.45, 2.75) is 45.6 Å². The molecule has 2 atom stereocenters. The molecule has 0 aliphatic carbocycles. The van der Waals surface area contributed by atoms with Crippen LogP contribution in [0.15, 0.2) is 16.9 Å². The molecule has 2 aromatic rings. The molecule has 1 N–H and O–H groups in total. The molecule has 2 saturated heterocycles. The first-order valence-electron chi connectivity index (χ1n) is 10.2. The van der Waals surface area contributed by atoms with E-state index in [-0.39, 0.29) is 5.56 Å². The van der Waals surface area contributed by atoms with Crippen molar-refractivity contribution in [3.05, 3.63) is 39.4 Å². The molecule has 27 heavy (non-hydrogen) atoms. The minimum absolute atomic E-state index is 0.109. The summed E-state index contributed by atoms with van der Waals surface area (Å²) in [6.07, 6.45) is 3.57. The van der Waals surface area contributed by atoms with Gasteiger partial charge in [-0.1, -0.05) is 0 Å². The largest absolute Gasteiger partial charge is 0.341 e. The SMILES string of the molecule is Cc1nc(N2CCCC2)nc(-c2cc3n(c(=O)c2)C[C@@H]2CNC[C@H]3C2)c1C. The Bertz CT molecular complexity index is 944. The number of anilines is 1. The molecule has 2 bridgehead atoms. The van der Waals surface area contributed by atoms with Crippen molar-refractivity contribution in [3.63, 3.8) is 0 Å². The van der Waals surface area contributed by atoms with Gasteiger partial charge in [0.2, 0.25) is 5.95 Å². The van der Waals surface area contributed by atoms with E-state index in [1.54, 1.807) is 6.07 Å². The predicted molar refractivity (Wildman–Crippen MR) is 106 cm³/mol. The van der Waals surface area contributed by atoms with Crippen molar-refractivity contribution in [2.75, 3.05) is 31.1 Å². The maximum atomic E-state index is 12.9. The Hall–Kier alpha value is -2.21. The van der Waals surface area contributed by atoms with Crippen molar-refractivity contribution in [3.8, 4) is 11.3 Å². The van der Waals surface area contributed by atoms with Crippen LogP contribution in [0.3, 0.4) is 0 Å². The first kappa shape index (κ1) is 16.9. The molecule has 0 aromatic carbocycles. The van der Waals surface area contributed by atoms with Gasteiger partial charge in [-0.2, -0.15) is 0 Å². The van der Waals surface area contributed by atoms with E-state index in [0.717, 1.165) is 61.2 Å². The lowest BCUT2D eigenvalue weighted by atomic mass is 9.83. The Morgan fingerprint density at radius 2 is 1.93 bits per heavy atom. The summed E-state index contributed by atoms with van der Waals surface area (Å²) in [7, 11) is 0. The zero-order valence-electron chi connectivity index (χ0n) is 16.2. The highest BCUT2D eigenvalue weighted by atomic mass is 16.1. The maximum Gasteiger partial charge on any atom is 0.251 e. The topological polar surface area (TPSA) is 63.1 Å². The molecule has 6 nitrogen and oxygen atoms in total. The van der Waals surface area contributed by atoms with Crippen molar-refractivity contribution in [2.24, 2.45) is 5.92 Å². The summed E-state index contributed by atoms with van der Waals surface area (Å²) < 4.78 is 1.99. The van der Waals surface area contributed by atoms with Gasteiger partial charge in [0.15, 0.2) is 0 Å². The van der Waals surface area contributed by atoms with E-state index in [1.165, 1.54) is 25.0 Å². The molecule has 0 unspecified atom stereocenters. The van der Waals surface area contributed by atoms with Crippen LogP contribution in [0.5, 0.6) is 0 Å². The van der Waals surface area contributed by atoms with E-state index in [1.807, 2.05) is 11.5 Å². The van der Waals surface area contributed by atoms with Crippen LogP contribution < -0.4 is 15.8 Å². The highest BCUT2D eigenvalue weighted by Crippen LogP contribution is 2.34. The number of piperidine rings is 1. The second-order valence-corrected chi connectivity index (χ2v) is 8.35. The number of hydrogen-bond acceptors (Lipinski definition) is 5. The standard InChI is InChI=1S/C21H27N5O/c1-13-14(2)23-21(25-5-3-4-6-25)24-20(13)16-8-18-17-7-15(10-22-11-17)12-26(18)19(27)9-16/h8-9,15,17,22H,3-7,10-12H2,1-2H3/t15-,17+/m0/s1. The summed E-state index contributed by atoms with van der Waals surface area (Å²) in [5.74, 6) is 1.80. The van der Waals surface area contributed by atoms with E-state index >= 15 is 0 Å². The first-order chi connectivity index (χ1) is 13.1. The highest BCUT2D eigenvalue weighted by molar-refractivity contribution is 5.65. The fourth-order valence-corrected chi connectivity index (χ4v) is 4.89. The Morgan fingerprint density at radius 3 is 2.74 bits per heavy atom. The second kappa shape index (κ2) is 6.44. The average Bonchev–Trinajstić information content (AvgIpc) is 3.20. The van der Waals surface area contributed by atoms with Gasteiger partial charge in [0, 0.05) is 55.1 Å². The number of aryl methyl sites for hydroxylation is 1. The average molecular weight is 365 g/mol. The van der Waals surface area contributed by atoms with Crippen LogP contribution >= 0.6 is 0 Å². The van der Waals surface area contributed by atoms with Gasteiger partial charge in [0.05, 0.1) is 5.69 Å². The summed E-state index contributed by atoms with van der Waals surface area (Å²) >= 11 is 0. The zero-order chi connectivity index (χ0) is 18.5. The van der Waals surface area contributed by atoms with Crippen LogP contribution in [0.25, 0.3) is 11.3 Å². The third-order valence-corrected chi connectivity index (χ3v) is 6.50. The molecular formula is C21H27N5O. The minimum atomic E-state index is 0.109. The fourth-order valence-electron chi connectivity index (χ4n) is 4.89. The Labute approximate surface area is 159 Å². The van der Waals surface area contributed by atoms with E-state index in [4.69, 9.17) is 9.97 Å². The normalized spacial score (nSPS) is 24.1. The van der Waals surface area contributed by atoms with Gasteiger partial charge in [-0.25, -0.2) is 9.97 Å². The smallest absolute Gasteiger partial charge is 0.251 e. The lowest BCUT2D eigenvalue weighted by molar-refractivity contribution is 0.257. The molecule has 3 aliphatic heterocycles. The van der Waals surface area contributed by atoms with Crippen LogP contribution in [-0.2, 0) is 6.54 Å². The van der Waals surface area contributed by atoms with Gasteiger partial charge in [-0.3, -0.25) is 4.79 Å². The number of pyridine rings is 1.